The van der Waals surface area contributed by atoms with Crippen molar-refractivity contribution in [2.24, 2.45) is 7.05 Å². The van der Waals surface area contributed by atoms with Crippen LogP contribution in [0.2, 0.25) is 0 Å². The van der Waals surface area contributed by atoms with Gasteiger partial charge in [-0.2, -0.15) is 5.10 Å². The van der Waals surface area contributed by atoms with E-state index < -0.39 is 0 Å². The van der Waals surface area contributed by atoms with Crippen LogP contribution in [0.5, 0.6) is 11.5 Å². The van der Waals surface area contributed by atoms with Gasteiger partial charge < -0.3 is 24.3 Å². The van der Waals surface area contributed by atoms with E-state index >= 15 is 0 Å². The van der Waals surface area contributed by atoms with Crippen LogP contribution in [0.3, 0.4) is 0 Å². The molecule has 2 aromatic carbocycles. The topological polar surface area (TPSA) is 104 Å². The number of benzene rings is 2. The molecular formula is C26H29IN4O6. The van der Waals surface area contributed by atoms with Crippen molar-refractivity contribution in [1.29, 1.82) is 0 Å². The van der Waals surface area contributed by atoms with Gasteiger partial charge in [-0.3, -0.25) is 19.2 Å². The lowest BCUT2D eigenvalue weighted by atomic mass is 10.1. The Morgan fingerprint density at radius 1 is 1.14 bits per heavy atom. The van der Waals surface area contributed by atoms with Crippen LogP contribution in [0.4, 0.5) is 5.69 Å². The first-order valence-corrected chi connectivity index (χ1v) is 12.9. The Hall–Kier alpha value is -3.16. The van der Waals surface area contributed by atoms with Crippen molar-refractivity contribution < 1.29 is 28.5 Å². The number of nitrogens with one attached hydrogen (secondary N) is 1. The first-order valence-electron chi connectivity index (χ1n) is 11.8. The van der Waals surface area contributed by atoms with E-state index in [9.17, 15) is 9.59 Å². The molecule has 2 heterocycles. The lowest BCUT2D eigenvalue weighted by Crippen LogP contribution is -2.40. The molecule has 10 nitrogen and oxygen atoms in total. The Balaban J connectivity index is 1.43. The van der Waals surface area contributed by atoms with E-state index in [-0.39, 0.29) is 31.6 Å². The smallest absolute Gasteiger partial charge is 0.320 e. The number of nitrogens with zero attached hydrogens (tertiary/aromatic N) is 3. The van der Waals surface area contributed by atoms with Gasteiger partial charge in [-0.05, 0) is 59.0 Å². The minimum atomic E-state index is -0.289. The molecule has 1 N–H and O–H groups in total. The number of ether oxygens (including phenoxy) is 4. The Kier molecular flexibility index (Phi) is 9.36. The van der Waals surface area contributed by atoms with Gasteiger partial charge in [0, 0.05) is 37.0 Å². The van der Waals surface area contributed by atoms with E-state index in [1.807, 2.05) is 18.0 Å². The molecule has 1 fully saturated rings. The minimum Gasteiger partial charge on any atom is -0.497 e. The SMILES string of the molecule is COc1cccc(C(=O)Nc2ccc(OCCOC(=O)CN3CCOCC3)c(-c3c(I)cnn3C)c2)c1. The summed E-state index contributed by atoms with van der Waals surface area (Å²) in [6.07, 6.45) is 1.76. The molecule has 4 rings (SSSR count). The van der Waals surface area contributed by atoms with E-state index in [1.165, 1.54) is 0 Å². The maximum atomic E-state index is 12.8. The van der Waals surface area contributed by atoms with Gasteiger partial charge >= 0.3 is 5.97 Å². The van der Waals surface area contributed by atoms with E-state index in [4.69, 9.17) is 18.9 Å². The number of carbonyl (C=O) groups excluding carboxylic acids is 2. The molecular weight excluding hydrogens is 591 g/mol. The predicted octanol–water partition coefficient (Wildman–Crippen LogP) is 3.21. The number of halogens is 1. The van der Waals surface area contributed by atoms with E-state index in [1.54, 1.807) is 54.4 Å². The molecule has 196 valence electrons. The minimum absolute atomic E-state index is 0.124. The Morgan fingerprint density at radius 3 is 2.68 bits per heavy atom. The number of esters is 1. The molecule has 0 spiro atoms. The summed E-state index contributed by atoms with van der Waals surface area (Å²) >= 11 is 2.21. The monoisotopic (exact) mass is 620 g/mol. The van der Waals surface area contributed by atoms with Crippen LogP contribution in [-0.4, -0.2) is 79.7 Å². The van der Waals surface area contributed by atoms with Gasteiger partial charge in [-0.1, -0.05) is 6.07 Å². The first-order chi connectivity index (χ1) is 17.9. The molecule has 37 heavy (non-hydrogen) atoms. The highest BCUT2D eigenvalue weighted by atomic mass is 127. The summed E-state index contributed by atoms with van der Waals surface area (Å²) < 4.78 is 24.6. The highest BCUT2D eigenvalue weighted by Gasteiger charge is 2.18. The number of anilines is 1. The zero-order valence-corrected chi connectivity index (χ0v) is 22.9. The Labute approximate surface area is 229 Å². The van der Waals surface area contributed by atoms with Gasteiger partial charge in [-0.25, -0.2) is 0 Å². The first kappa shape index (κ1) is 26.9. The van der Waals surface area contributed by atoms with Crippen molar-refractivity contribution in [3.8, 4) is 22.8 Å². The van der Waals surface area contributed by atoms with E-state index in [0.29, 0.717) is 36.0 Å². The van der Waals surface area contributed by atoms with Gasteiger partial charge in [-0.15, -0.1) is 0 Å². The molecule has 3 aromatic rings. The zero-order chi connectivity index (χ0) is 26.2. The van der Waals surface area contributed by atoms with Crippen molar-refractivity contribution in [2.75, 3.05) is 58.5 Å². The summed E-state index contributed by atoms with van der Waals surface area (Å²) in [6, 6.07) is 12.3. The van der Waals surface area contributed by atoms with Crippen molar-refractivity contribution in [2.45, 2.75) is 0 Å². The number of carbonyl (C=O) groups is 2. The van der Waals surface area contributed by atoms with Gasteiger partial charge in [0.05, 0.1) is 42.3 Å². The van der Waals surface area contributed by atoms with Crippen LogP contribution in [0.25, 0.3) is 11.3 Å². The second kappa shape index (κ2) is 12.9. The maximum absolute atomic E-state index is 12.8. The number of hydrogen-bond donors (Lipinski definition) is 1. The van der Waals surface area contributed by atoms with Gasteiger partial charge in [0.2, 0.25) is 0 Å². The second-order valence-electron chi connectivity index (χ2n) is 8.32. The van der Waals surface area contributed by atoms with Crippen LogP contribution in [0.1, 0.15) is 10.4 Å². The molecule has 1 saturated heterocycles. The average molecular weight is 620 g/mol. The fourth-order valence-corrected chi connectivity index (χ4v) is 4.66. The predicted molar refractivity (Wildman–Crippen MR) is 146 cm³/mol. The number of amides is 1. The fraction of sp³-hybridized carbons (Fsp3) is 0.346. The molecule has 11 heteroatoms. The maximum Gasteiger partial charge on any atom is 0.320 e. The van der Waals surface area contributed by atoms with Crippen LogP contribution >= 0.6 is 22.6 Å². The molecule has 0 saturated carbocycles. The van der Waals surface area contributed by atoms with Crippen molar-refractivity contribution in [3.63, 3.8) is 0 Å². The lowest BCUT2D eigenvalue weighted by molar-refractivity contribution is -0.146. The third-order valence-electron chi connectivity index (χ3n) is 5.78. The lowest BCUT2D eigenvalue weighted by Gasteiger charge is -2.25. The third-order valence-corrected chi connectivity index (χ3v) is 6.57. The highest BCUT2D eigenvalue weighted by molar-refractivity contribution is 14.1. The van der Waals surface area contributed by atoms with Crippen molar-refractivity contribution >= 4 is 40.2 Å². The van der Waals surface area contributed by atoms with Crippen LogP contribution in [0.15, 0.2) is 48.7 Å². The van der Waals surface area contributed by atoms with Crippen molar-refractivity contribution in [3.05, 3.63) is 57.8 Å². The number of aryl methyl sites for hydroxylation is 1. The summed E-state index contributed by atoms with van der Waals surface area (Å²) in [5.41, 5.74) is 2.68. The number of aromatic nitrogens is 2. The second-order valence-corrected chi connectivity index (χ2v) is 9.48. The Bertz CT molecular complexity index is 1220. The van der Waals surface area contributed by atoms with Crippen LogP contribution < -0.4 is 14.8 Å². The molecule has 0 atom stereocenters. The molecule has 1 aromatic heterocycles. The standard InChI is InChI=1S/C26H29IN4O6/c1-30-25(22(27)16-28-30)21-15-19(29-26(33)18-4-3-5-20(14-18)34-2)6-7-23(21)36-12-13-37-24(32)17-31-8-10-35-11-9-31/h3-7,14-16H,8-13,17H2,1-2H3,(H,29,33). The van der Waals surface area contributed by atoms with Gasteiger partial charge in [0.25, 0.3) is 5.91 Å². The molecule has 0 radical (unpaired) electrons. The molecule has 1 amide bonds. The molecule has 1 aliphatic rings. The molecule has 0 unspecified atom stereocenters. The van der Waals surface area contributed by atoms with Gasteiger partial charge in [0.15, 0.2) is 0 Å². The van der Waals surface area contributed by atoms with E-state index in [0.717, 1.165) is 27.9 Å². The number of hydrogen-bond acceptors (Lipinski definition) is 8. The fourth-order valence-electron chi connectivity index (χ4n) is 3.89. The number of morpholine rings is 1. The quantitative estimate of drug-likeness (QED) is 0.210. The molecule has 1 aliphatic heterocycles. The van der Waals surface area contributed by atoms with Gasteiger partial charge in [0.1, 0.15) is 24.7 Å². The largest absolute Gasteiger partial charge is 0.497 e. The summed E-state index contributed by atoms with van der Waals surface area (Å²) in [4.78, 5) is 27.0. The van der Waals surface area contributed by atoms with Crippen LogP contribution in [0, 0.1) is 3.57 Å². The van der Waals surface area contributed by atoms with Crippen LogP contribution in [-0.2, 0) is 21.3 Å². The zero-order valence-electron chi connectivity index (χ0n) is 20.7. The summed E-state index contributed by atoms with van der Waals surface area (Å²) in [5, 5.41) is 7.27. The summed E-state index contributed by atoms with van der Waals surface area (Å²) in [6.45, 7) is 3.25. The normalized spacial score (nSPS) is 13.7. The summed E-state index contributed by atoms with van der Waals surface area (Å²) in [7, 11) is 3.40. The molecule has 0 bridgehead atoms. The van der Waals surface area contributed by atoms with Crippen molar-refractivity contribution in [1.82, 2.24) is 14.7 Å². The molecule has 0 aliphatic carbocycles. The number of rotatable bonds is 10. The van der Waals surface area contributed by atoms with E-state index in [2.05, 4.69) is 33.0 Å². The summed E-state index contributed by atoms with van der Waals surface area (Å²) in [5.74, 6) is 0.644. The third kappa shape index (κ3) is 7.21. The average Bonchev–Trinajstić information content (AvgIpc) is 3.25. The highest BCUT2D eigenvalue weighted by Crippen LogP contribution is 2.35. The Morgan fingerprint density at radius 2 is 1.95 bits per heavy atom. The number of methoxy groups -OCH3 is 1.